The summed E-state index contributed by atoms with van der Waals surface area (Å²) in [7, 11) is 0. The van der Waals surface area contributed by atoms with Gasteiger partial charge < -0.3 is 4.90 Å². The largest absolute Gasteiger partial charge is 0.340 e. The topological polar surface area (TPSA) is 65.1 Å². The molecular weight excluding hydrogens is 304 g/mol. The lowest BCUT2D eigenvalue weighted by atomic mass is 9.86. The Kier molecular flexibility index (Phi) is 4.61. The Morgan fingerprint density at radius 2 is 1.91 bits per heavy atom. The lowest BCUT2D eigenvalue weighted by Gasteiger charge is -2.37. The van der Waals surface area contributed by atoms with Crippen LogP contribution in [0.3, 0.4) is 0 Å². The van der Waals surface area contributed by atoms with Gasteiger partial charge in [-0.25, -0.2) is 13.8 Å². The average molecular weight is 327 g/mol. The highest BCUT2D eigenvalue weighted by atomic mass is 19.3. The zero-order chi connectivity index (χ0) is 16.4. The van der Waals surface area contributed by atoms with Gasteiger partial charge in [-0.15, -0.1) is 0 Å². The number of alkyl halides is 2. The van der Waals surface area contributed by atoms with E-state index in [9.17, 15) is 13.6 Å². The second kappa shape index (κ2) is 6.51. The number of nitrogens with zero attached hydrogens (tertiary/aromatic N) is 4. The molecule has 1 saturated carbocycles. The van der Waals surface area contributed by atoms with Crippen molar-refractivity contribution in [3.8, 4) is 0 Å². The van der Waals surface area contributed by atoms with Gasteiger partial charge in [-0.1, -0.05) is 0 Å². The van der Waals surface area contributed by atoms with Crippen LogP contribution < -0.4 is 0 Å². The van der Waals surface area contributed by atoms with Crippen molar-refractivity contribution in [1.82, 2.24) is 25.0 Å². The molecule has 1 aromatic rings. The molecule has 0 unspecified atom stereocenters. The number of amides is 1. The van der Waals surface area contributed by atoms with E-state index in [2.05, 4.69) is 20.1 Å². The number of carbonyl (C=O) groups is 1. The summed E-state index contributed by atoms with van der Waals surface area (Å²) in [5.41, 5.74) is 0. The maximum atomic E-state index is 13.2. The standard InChI is InChI=1S/C15H23F2N5O/c1-11-18-13(20-19-11)10-21-6-8-22(9-7-21)14(23)12-2-4-15(16,17)5-3-12/h12H,2-10H2,1H3,(H,18,19,20). The van der Waals surface area contributed by atoms with Gasteiger partial charge in [0.05, 0.1) is 6.54 Å². The number of halogens is 2. The van der Waals surface area contributed by atoms with Crippen LogP contribution in [0.5, 0.6) is 0 Å². The normalized spacial score (nSPS) is 23.2. The summed E-state index contributed by atoms with van der Waals surface area (Å²) in [6, 6.07) is 0. The van der Waals surface area contributed by atoms with E-state index in [-0.39, 0.29) is 24.7 Å². The molecule has 0 spiro atoms. The Balaban J connectivity index is 1.46. The molecule has 1 saturated heterocycles. The highest BCUT2D eigenvalue weighted by Crippen LogP contribution is 2.36. The zero-order valence-corrected chi connectivity index (χ0v) is 13.4. The number of carbonyl (C=O) groups excluding carboxylic acids is 1. The molecule has 2 fully saturated rings. The van der Waals surface area contributed by atoms with Gasteiger partial charge in [0.25, 0.3) is 0 Å². The molecule has 0 radical (unpaired) electrons. The molecule has 1 amide bonds. The van der Waals surface area contributed by atoms with Crippen molar-refractivity contribution < 1.29 is 13.6 Å². The first-order valence-electron chi connectivity index (χ1n) is 8.20. The van der Waals surface area contributed by atoms with Gasteiger partial charge in [-0.05, 0) is 19.8 Å². The number of aromatic nitrogens is 3. The third-order valence-corrected chi connectivity index (χ3v) is 4.76. The van der Waals surface area contributed by atoms with E-state index in [1.165, 1.54) is 0 Å². The fourth-order valence-corrected chi connectivity index (χ4v) is 3.33. The molecular formula is C15H23F2N5O. The number of rotatable bonds is 3. The number of nitrogens with one attached hydrogen (secondary N) is 1. The van der Waals surface area contributed by atoms with Crippen LogP contribution in [0.25, 0.3) is 0 Å². The number of aryl methyl sites for hydroxylation is 1. The van der Waals surface area contributed by atoms with Crippen molar-refractivity contribution in [2.45, 2.75) is 45.1 Å². The Morgan fingerprint density at radius 3 is 2.48 bits per heavy atom. The van der Waals surface area contributed by atoms with Crippen LogP contribution in [-0.2, 0) is 11.3 Å². The molecule has 8 heteroatoms. The lowest BCUT2D eigenvalue weighted by molar-refractivity contribution is -0.141. The highest BCUT2D eigenvalue weighted by molar-refractivity contribution is 5.79. The zero-order valence-electron chi connectivity index (χ0n) is 13.4. The average Bonchev–Trinajstić information content (AvgIpc) is 2.92. The maximum Gasteiger partial charge on any atom is 0.248 e. The van der Waals surface area contributed by atoms with E-state index in [0.717, 1.165) is 24.7 Å². The fraction of sp³-hybridized carbons (Fsp3) is 0.800. The van der Waals surface area contributed by atoms with Gasteiger partial charge in [-0.3, -0.25) is 14.8 Å². The summed E-state index contributed by atoms with van der Waals surface area (Å²) in [6.07, 6.45) is 0.298. The molecule has 1 aliphatic carbocycles. The van der Waals surface area contributed by atoms with E-state index in [1.807, 2.05) is 11.8 Å². The van der Waals surface area contributed by atoms with Crippen LogP contribution in [0.4, 0.5) is 8.78 Å². The molecule has 0 bridgehead atoms. The van der Waals surface area contributed by atoms with Crippen LogP contribution >= 0.6 is 0 Å². The minimum Gasteiger partial charge on any atom is -0.340 e. The third-order valence-electron chi connectivity index (χ3n) is 4.76. The Bertz CT molecular complexity index is 544. The van der Waals surface area contributed by atoms with Crippen molar-refractivity contribution in [2.75, 3.05) is 26.2 Å². The number of hydrogen-bond acceptors (Lipinski definition) is 4. The minimum absolute atomic E-state index is 0.0499. The SMILES string of the molecule is Cc1nc(CN2CCN(C(=O)C3CCC(F)(F)CC3)CC2)n[nH]1. The summed E-state index contributed by atoms with van der Waals surface area (Å²) in [5.74, 6) is -1.20. The number of piperazine rings is 1. The van der Waals surface area contributed by atoms with E-state index >= 15 is 0 Å². The number of aromatic amines is 1. The molecule has 2 heterocycles. The molecule has 1 aliphatic heterocycles. The van der Waals surface area contributed by atoms with Crippen LogP contribution in [-0.4, -0.2) is 63.0 Å². The fourth-order valence-electron chi connectivity index (χ4n) is 3.33. The van der Waals surface area contributed by atoms with Gasteiger partial charge in [0.2, 0.25) is 11.8 Å². The molecule has 1 aromatic heterocycles. The first kappa shape index (κ1) is 16.3. The Morgan fingerprint density at radius 1 is 1.26 bits per heavy atom. The Labute approximate surface area is 134 Å². The molecule has 6 nitrogen and oxygen atoms in total. The van der Waals surface area contributed by atoms with Gasteiger partial charge in [0, 0.05) is 44.9 Å². The molecule has 2 aliphatic rings. The van der Waals surface area contributed by atoms with Crippen LogP contribution in [0.1, 0.15) is 37.3 Å². The van der Waals surface area contributed by atoms with E-state index < -0.39 is 5.92 Å². The predicted octanol–water partition coefficient (Wildman–Crippen LogP) is 1.58. The first-order valence-corrected chi connectivity index (χ1v) is 8.20. The second-order valence-corrected chi connectivity index (χ2v) is 6.57. The smallest absolute Gasteiger partial charge is 0.248 e. The summed E-state index contributed by atoms with van der Waals surface area (Å²) in [4.78, 5) is 20.8. The highest BCUT2D eigenvalue weighted by Gasteiger charge is 2.39. The summed E-state index contributed by atoms with van der Waals surface area (Å²) >= 11 is 0. The van der Waals surface area contributed by atoms with Crippen molar-refractivity contribution in [2.24, 2.45) is 5.92 Å². The van der Waals surface area contributed by atoms with Crippen molar-refractivity contribution in [1.29, 1.82) is 0 Å². The third kappa shape index (κ3) is 4.04. The Hall–Kier alpha value is -1.57. The summed E-state index contributed by atoms with van der Waals surface area (Å²) in [6.45, 7) is 5.36. The van der Waals surface area contributed by atoms with E-state index in [4.69, 9.17) is 0 Å². The molecule has 0 atom stereocenters. The van der Waals surface area contributed by atoms with Crippen LogP contribution in [0.2, 0.25) is 0 Å². The van der Waals surface area contributed by atoms with Crippen molar-refractivity contribution in [3.63, 3.8) is 0 Å². The minimum atomic E-state index is -2.58. The molecule has 1 N–H and O–H groups in total. The van der Waals surface area contributed by atoms with Crippen LogP contribution in [0, 0.1) is 12.8 Å². The van der Waals surface area contributed by atoms with Gasteiger partial charge >= 0.3 is 0 Å². The van der Waals surface area contributed by atoms with Gasteiger partial charge in [0.1, 0.15) is 5.82 Å². The monoisotopic (exact) mass is 327 g/mol. The predicted molar refractivity (Wildman–Crippen MR) is 79.9 cm³/mol. The lowest BCUT2D eigenvalue weighted by Crippen LogP contribution is -2.50. The van der Waals surface area contributed by atoms with E-state index in [1.54, 1.807) is 0 Å². The van der Waals surface area contributed by atoms with Crippen LogP contribution in [0.15, 0.2) is 0 Å². The van der Waals surface area contributed by atoms with Gasteiger partial charge in [0.15, 0.2) is 5.82 Å². The summed E-state index contributed by atoms with van der Waals surface area (Å²) < 4.78 is 26.4. The molecule has 0 aromatic carbocycles. The van der Waals surface area contributed by atoms with Gasteiger partial charge in [-0.2, -0.15) is 5.10 Å². The first-order chi connectivity index (χ1) is 10.9. The number of hydrogen-bond donors (Lipinski definition) is 1. The van der Waals surface area contributed by atoms with E-state index in [0.29, 0.717) is 32.5 Å². The quantitative estimate of drug-likeness (QED) is 0.915. The molecule has 23 heavy (non-hydrogen) atoms. The summed E-state index contributed by atoms with van der Waals surface area (Å²) in [5, 5.41) is 6.94. The molecule has 128 valence electrons. The second-order valence-electron chi connectivity index (χ2n) is 6.57. The van der Waals surface area contributed by atoms with Crippen molar-refractivity contribution in [3.05, 3.63) is 11.6 Å². The molecule has 3 rings (SSSR count). The van der Waals surface area contributed by atoms with Crippen molar-refractivity contribution >= 4 is 5.91 Å². The maximum absolute atomic E-state index is 13.2. The number of H-pyrrole nitrogens is 1.